The minimum absolute atomic E-state index is 0.0237. The molecule has 0 aliphatic rings. The van der Waals surface area contributed by atoms with Crippen molar-refractivity contribution >= 4 is 43.4 Å². The van der Waals surface area contributed by atoms with Gasteiger partial charge in [-0.05, 0) is 36.4 Å². The molecule has 0 radical (unpaired) electrons. The molecule has 0 spiro atoms. The fourth-order valence-electron chi connectivity index (χ4n) is 3.45. The Morgan fingerprint density at radius 2 is 1.31 bits per heavy atom. The zero-order chi connectivity index (χ0) is 22.7. The first-order valence-electron chi connectivity index (χ1n) is 9.77. The van der Waals surface area contributed by atoms with Crippen molar-refractivity contribution in [2.75, 3.05) is 5.73 Å². The van der Waals surface area contributed by atoms with Gasteiger partial charge >= 0.3 is 0 Å². The van der Waals surface area contributed by atoms with E-state index in [1.165, 1.54) is 6.07 Å². The number of aromatic nitrogens is 1. The first kappa shape index (κ1) is 21.3. The topological polar surface area (TPSA) is 113 Å². The summed E-state index contributed by atoms with van der Waals surface area (Å²) in [6.07, 6.45) is 0. The van der Waals surface area contributed by atoms with Gasteiger partial charge in [0.05, 0.1) is 5.52 Å². The van der Waals surface area contributed by atoms with E-state index >= 15 is 0 Å². The van der Waals surface area contributed by atoms with Gasteiger partial charge in [-0.25, -0.2) is 0 Å². The number of nitrogen functional groups attached to an aromatic ring is 1. The molecule has 1 heterocycles. The number of hydrogen-bond acceptors (Lipinski definition) is 4. The third-order valence-electron chi connectivity index (χ3n) is 4.99. The number of nitrogens with one attached hydrogen (secondary N) is 1. The second kappa shape index (κ2) is 8.66. The Kier molecular flexibility index (Phi) is 5.77. The van der Waals surface area contributed by atoms with Crippen molar-refractivity contribution in [2.24, 2.45) is 0 Å². The zero-order valence-corrected chi connectivity index (χ0v) is 17.7. The number of hydrogen-bond donors (Lipinski definition) is 3. The number of benzene rings is 4. The van der Waals surface area contributed by atoms with Crippen molar-refractivity contribution in [1.82, 2.24) is 4.98 Å². The quantitative estimate of drug-likeness (QED) is 0.204. The molecule has 0 unspecified atom stereocenters. The molecule has 160 valence electrons. The van der Waals surface area contributed by atoms with E-state index in [0.29, 0.717) is 22.3 Å². The van der Waals surface area contributed by atoms with Crippen LogP contribution in [0.3, 0.4) is 0 Å². The highest BCUT2D eigenvalue weighted by atomic mass is 32.2. The fourth-order valence-corrected chi connectivity index (χ4v) is 4.12. The summed E-state index contributed by atoms with van der Waals surface area (Å²) >= 11 is 0. The molecule has 0 saturated heterocycles. The molecule has 5 aromatic rings. The van der Waals surface area contributed by atoms with E-state index in [4.69, 9.17) is 10.3 Å². The first-order chi connectivity index (χ1) is 15.3. The summed E-state index contributed by atoms with van der Waals surface area (Å²) in [6, 6.07) is 28.5. The van der Waals surface area contributed by atoms with Gasteiger partial charge in [0.1, 0.15) is 4.90 Å². The van der Waals surface area contributed by atoms with Crippen molar-refractivity contribution in [3.05, 3.63) is 108 Å². The van der Waals surface area contributed by atoms with Gasteiger partial charge in [-0.1, -0.05) is 60.7 Å². The van der Waals surface area contributed by atoms with Gasteiger partial charge in [0.25, 0.3) is 10.1 Å². The van der Waals surface area contributed by atoms with E-state index in [1.807, 2.05) is 48.5 Å². The lowest BCUT2D eigenvalue weighted by Gasteiger charge is -2.00. The largest absolute Gasteiger partial charge is 0.399 e. The molecule has 0 saturated carbocycles. The van der Waals surface area contributed by atoms with Crippen LogP contribution in [0, 0.1) is 0 Å². The molecule has 7 heteroatoms. The lowest BCUT2D eigenvalue weighted by Crippen LogP contribution is -2.00. The SMILES string of the molecule is Nc1ccc(C(=O)c2ccccc2)cc1.O=S(=O)(O)c1cccc2c1[nH]c1ccccc12. The van der Waals surface area contributed by atoms with E-state index in [1.54, 1.807) is 42.5 Å². The van der Waals surface area contributed by atoms with E-state index < -0.39 is 10.1 Å². The number of anilines is 1. The number of fused-ring (bicyclic) bond motifs is 3. The Balaban J connectivity index is 0.000000155. The molecule has 0 aliphatic heterocycles. The smallest absolute Gasteiger partial charge is 0.296 e. The number of carbonyl (C=O) groups is 1. The van der Waals surface area contributed by atoms with Crippen molar-refractivity contribution in [2.45, 2.75) is 4.90 Å². The summed E-state index contributed by atoms with van der Waals surface area (Å²) < 4.78 is 31.7. The van der Waals surface area contributed by atoms with Crippen LogP contribution in [0.2, 0.25) is 0 Å². The van der Waals surface area contributed by atoms with Crippen LogP contribution in [0.5, 0.6) is 0 Å². The van der Waals surface area contributed by atoms with Crippen molar-refractivity contribution in [3.63, 3.8) is 0 Å². The average molecular weight is 445 g/mol. The standard InChI is InChI=1S/C13H11NO.C12H9NO3S/c14-12-8-6-11(7-9-12)13(15)10-4-2-1-3-5-10;14-17(15,16)11-7-3-5-9-8-4-1-2-6-10(8)13-12(9)11/h1-9H,14H2;1-7,13H,(H,14,15,16). The number of carbonyl (C=O) groups excluding carboxylic acids is 1. The molecule has 32 heavy (non-hydrogen) atoms. The molecular weight excluding hydrogens is 424 g/mol. The Bertz CT molecular complexity index is 1510. The molecule has 0 atom stereocenters. The predicted molar refractivity (Wildman–Crippen MR) is 126 cm³/mol. The molecule has 0 amide bonds. The minimum Gasteiger partial charge on any atom is -0.399 e. The van der Waals surface area contributed by atoms with Gasteiger partial charge in [0.15, 0.2) is 5.78 Å². The maximum Gasteiger partial charge on any atom is 0.296 e. The van der Waals surface area contributed by atoms with Crippen LogP contribution < -0.4 is 5.73 Å². The van der Waals surface area contributed by atoms with Crippen molar-refractivity contribution in [3.8, 4) is 0 Å². The summed E-state index contributed by atoms with van der Waals surface area (Å²) in [5.74, 6) is 0.0237. The normalized spacial score (nSPS) is 11.2. The predicted octanol–water partition coefficient (Wildman–Crippen LogP) is 5.07. The van der Waals surface area contributed by atoms with Gasteiger partial charge in [-0.3, -0.25) is 9.35 Å². The number of para-hydroxylation sites is 2. The average Bonchev–Trinajstić information content (AvgIpc) is 3.18. The molecule has 5 rings (SSSR count). The van der Waals surface area contributed by atoms with Gasteiger partial charge in [0.2, 0.25) is 0 Å². The minimum atomic E-state index is -4.21. The Labute approximate surface area is 185 Å². The summed E-state index contributed by atoms with van der Waals surface area (Å²) in [5.41, 5.74) is 8.87. The molecule has 6 nitrogen and oxygen atoms in total. The van der Waals surface area contributed by atoms with Crippen LogP contribution in [-0.2, 0) is 10.1 Å². The van der Waals surface area contributed by atoms with E-state index in [9.17, 15) is 13.2 Å². The monoisotopic (exact) mass is 444 g/mol. The summed E-state index contributed by atoms with van der Waals surface area (Å²) in [6.45, 7) is 0. The zero-order valence-electron chi connectivity index (χ0n) is 16.9. The highest BCUT2D eigenvalue weighted by molar-refractivity contribution is 7.86. The van der Waals surface area contributed by atoms with E-state index in [2.05, 4.69) is 4.98 Å². The molecule has 0 fully saturated rings. The summed E-state index contributed by atoms with van der Waals surface area (Å²) in [4.78, 5) is 14.8. The Hall–Kier alpha value is -3.94. The van der Waals surface area contributed by atoms with Crippen LogP contribution in [0.1, 0.15) is 15.9 Å². The van der Waals surface area contributed by atoms with Crippen LogP contribution in [0.25, 0.3) is 21.8 Å². The maximum atomic E-state index is 11.9. The number of ketones is 1. The highest BCUT2D eigenvalue weighted by Gasteiger charge is 2.16. The first-order valence-corrected chi connectivity index (χ1v) is 11.2. The number of aromatic amines is 1. The second-order valence-corrected chi connectivity index (χ2v) is 8.53. The Morgan fingerprint density at radius 1 is 0.719 bits per heavy atom. The Morgan fingerprint density at radius 3 is 2.00 bits per heavy atom. The van der Waals surface area contributed by atoms with Gasteiger partial charge in [-0.2, -0.15) is 8.42 Å². The van der Waals surface area contributed by atoms with E-state index in [0.717, 1.165) is 16.3 Å². The fraction of sp³-hybridized carbons (Fsp3) is 0. The van der Waals surface area contributed by atoms with Gasteiger partial charge < -0.3 is 10.7 Å². The summed E-state index contributed by atoms with van der Waals surface area (Å²) in [7, 11) is -4.21. The van der Waals surface area contributed by atoms with Gasteiger partial charge in [0, 0.05) is 33.1 Å². The van der Waals surface area contributed by atoms with Crippen LogP contribution >= 0.6 is 0 Å². The van der Waals surface area contributed by atoms with Crippen molar-refractivity contribution in [1.29, 1.82) is 0 Å². The third-order valence-corrected chi connectivity index (χ3v) is 5.89. The highest BCUT2D eigenvalue weighted by Crippen LogP contribution is 2.29. The van der Waals surface area contributed by atoms with Crippen LogP contribution in [0.4, 0.5) is 5.69 Å². The van der Waals surface area contributed by atoms with Crippen LogP contribution in [-0.4, -0.2) is 23.7 Å². The number of nitrogens with two attached hydrogens (primary N) is 1. The second-order valence-electron chi connectivity index (χ2n) is 7.14. The summed E-state index contributed by atoms with van der Waals surface area (Å²) in [5, 5.41) is 1.73. The number of H-pyrrole nitrogens is 1. The van der Waals surface area contributed by atoms with Crippen molar-refractivity contribution < 1.29 is 17.8 Å². The lowest BCUT2D eigenvalue weighted by atomic mass is 10.0. The molecule has 4 N–H and O–H groups in total. The molecular formula is C25H20N2O4S. The van der Waals surface area contributed by atoms with E-state index in [-0.39, 0.29) is 10.7 Å². The molecule has 0 aliphatic carbocycles. The molecule has 0 bridgehead atoms. The third kappa shape index (κ3) is 4.39. The number of rotatable bonds is 3. The lowest BCUT2D eigenvalue weighted by molar-refractivity contribution is 0.103. The molecule has 1 aromatic heterocycles. The van der Waals surface area contributed by atoms with Gasteiger partial charge in [-0.15, -0.1) is 0 Å². The van der Waals surface area contributed by atoms with Crippen LogP contribution in [0.15, 0.2) is 102 Å². The molecule has 4 aromatic carbocycles. The maximum absolute atomic E-state index is 11.9.